The predicted molar refractivity (Wildman–Crippen MR) is 132 cm³/mol. The molecule has 2 fully saturated rings. The van der Waals surface area contributed by atoms with Crippen molar-refractivity contribution in [3.8, 4) is 11.1 Å². The Morgan fingerprint density at radius 2 is 1.11 bits per heavy atom. The first-order valence-electron chi connectivity index (χ1n) is 12.2. The van der Waals surface area contributed by atoms with Gasteiger partial charge in [0.1, 0.15) is 13.2 Å². The minimum absolute atomic E-state index is 0.0664. The Morgan fingerprint density at radius 3 is 1.47 bits per heavy atom. The maximum atomic E-state index is 12.5. The van der Waals surface area contributed by atoms with Crippen molar-refractivity contribution in [3.05, 3.63) is 59.7 Å². The van der Waals surface area contributed by atoms with Crippen LogP contribution in [-0.4, -0.2) is 78.0 Å². The average molecular weight is 499 g/mol. The van der Waals surface area contributed by atoms with Crippen molar-refractivity contribution in [3.63, 3.8) is 0 Å². The van der Waals surface area contributed by atoms with E-state index in [2.05, 4.69) is 13.8 Å². The zero-order valence-corrected chi connectivity index (χ0v) is 21.0. The fourth-order valence-electron chi connectivity index (χ4n) is 3.91. The van der Waals surface area contributed by atoms with Crippen LogP contribution in [0.3, 0.4) is 0 Å². The van der Waals surface area contributed by atoms with Crippen LogP contribution in [0.2, 0.25) is 0 Å². The van der Waals surface area contributed by atoms with Crippen molar-refractivity contribution in [1.29, 1.82) is 0 Å². The van der Waals surface area contributed by atoms with Crippen molar-refractivity contribution in [2.75, 3.05) is 66.1 Å². The largest absolute Gasteiger partial charge is 0.460 e. The second kappa shape index (κ2) is 12.0. The number of hydrogen-bond acceptors (Lipinski definition) is 8. The maximum Gasteiger partial charge on any atom is 0.338 e. The Bertz CT molecular complexity index is 958. The molecule has 8 nitrogen and oxygen atoms in total. The van der Waals surface area contributed by atoms with Gasteiger partial charge in [-0.15, -0.1) is 0 Å². The van der Waals surface area contributed by atoms with Gasteiger partial charge in [0.15, 0.2) is 0 Å². The quantitative estimate of drug-likeness (QED) is 0.305. The molecule has 36 heavy (non-hydrogen) atoms. The van der Waals surface area contributed by atoms with E-state index in [1.54, 1.807) is 36.4 Å². The standard InChI is InChI=1S/C28H34O8/c1-27(17-33-18-27)15-31-9-11-35-25(29)23-7-3-5-21(13-23)22-6-4-8-24(14-22)26(30)36-12-10-32-16-28(2)19-34-20-28/h3-8,13-14H,9-12,15-20H2,1-2H3. The van der Waals surface area contributed by atoms with E-state index in [1.807, 2.05) is 12.1 Å². The Morgan fingerprint density at radius 1 is 0.694 bits per heavy atom. The van der Waals surface area contributed by atoms with E-state index >= 15 is 0 Å². The monoisotopic (exact) mass is 498 g/mol. The molecule has 0 amide bonds. The minimum Gasteiger partial charge on any atom is -0.460 e. The molecular formula is C28H34O8. The first-order chi connectivity index (χ1) is 17.4. The summed E-state index contributed by atoms with van der Waals surface area (Å²) in [5.41, 5.74) is 2.60. The highest BCUT2D eigenvalue weighted by Gasteiger charge is 2.34. The second-order valence-electron chi connectivity index (χ2n) is 10.1. The lowest BCUT2D eigenvalue weighted by Crippen LogP contribution is -2.43. The third kappa shape index (κ3) is 7.13. The molecule has 0 atom stereocenters. The molecule has 0 saturated carbocycles. The number of hydrogen-bond donors (Lipinski definition) is 0. The summed E-state index contributed by atoms with van der Waals surface area (Å²) in [6.45, 7) is 9.19. The molecule has 0 N–H and O–H groups in total. The number of ether oxygens (including phenoxy) is 6. The van der Waals surface area contributed by atoms with Crippen LogP contribution in [0.15, 0.2) is 48.5 Å². The van der Waals surface area contributed by atoms with Crippen molar-refractivity contribution < 1.29 is 38.0 Å². The average Bonchev–Trinajstić information content (AvgIpc) is 2.86. The van der Waals surface area contributed by atoms with Crippen molar-refractivity contribution in [1.82, 2.24) is 0 Å². The fraction of sp³-hybridized carbons (Fsp3) is 0.500. The first-order valence-corrected chi connectivity index (χ1v) is 12.2. The van der Waals surface area contributed by atoms with Gasteiger partial charge >= 0.3 is 11.9 Å². The smallest absolute Gasteiger partial charge is 0.338 e. The van der Waals surface area contributed by atoms with Gasteiger partial charge < -0.3 is 28.4 Å². The van der Waals surface area contributed by atoms with E-state index < -0.39 is 11.9 Å². The van der Waals surface area contributed by atoms with E-state index in [-0.39, 0.29) is 24.0 Å². The molecule has 4 rings (SSSR count). The van der Waals surface area contributed by atoms with E-state index in [0.717, 1.165) is 11.1 Å². The molecule has 2 saturated heterocycles. The Balaban J connectivity index is 1.24. The fourth-order valence-corrected chi connectivity index (χ4v) is 3.91. The highest BCUT2D eigenvalue weighted by molar-refractivity contribution is 5.93. The van der Waals surface area contributed by atoms with Crippen LogP contribution in [0.4, 0.5) is 0 Å². The van der Waals surface area contributed by atoms with Gasteiger partial charge in [0, 0.05) is 10.8 Å². The number of carbonyl (C=O) groups excluding carboxylic acids is 2. The Labute approximate surface area is 211 Å². The summed E-state index contributed by atoms with van der Waals surface area (Å²) in [7, 11) is 0. The van der Waals surface area contributed by atoms with Gasteiger partial charge in [-0.05, 0) is 35.4 Å². The molecule has 8 heteroatoms. The van der Waals surface area contributed by atoms with Crippen LogP contribution in [0, 0.1) is 10.8 Å². The predicted octanol–water partition coefficient (Wildman–Crippen LogP) is 3.77. The lowest BCUT2D eigenvalue weighted by Gasteiger charge is -2.37. The topological polar surface area (TPSA) is 89.5 Å². The summed E-state index contributed by atoms with van der Waals surface area (Å²) in [6, 6.07) is 14.2. The van der Waals surface area contributed by atoms with Gasteiger partial charge in [-0.25, -0.2) is 9.59 Å². The van der Waals surface area contributed by atoms with Gasteiger partial charge in [0.05, 0.1) is 64.0 Å². The molecule has 2 aliphatic heterocycles. The molecular weight excluding hydrogens is 464 g/mol. The molecule has 2 aromatic carbocycles. The summed E-state index contributed by atoms with van der Waals surface area (Å²) in [6.07, 6.45) is 0. The third-order valence-electron chi connectivity index (χ3n) is 6.15. The van der Waals surface area contributed by atoms with Crippen LogP contribution >= 0.6 is 0 Å². The molecule has 0 aliphatic carbocycles. The molecule has 0 aromatic heterocycles. The molecule has 2 aromatic rings. The Kier molecular flexibility index (Phi) is 8.74. The minimum atomic E-state index is -0.420. The van der Waals surface area contributed by atoms with Crippen LogP contribution < -0.4 is 0 Å². The van der Waals surface area contributed by atoms with Gasteiger partial charge in [-0.2, -0.15) is 0 Å². The summed E-state index contributed by atoms with van der Waals surface area (Å²) >= 11 is 0. The van der Waals surface area contributed by atoms with E-state index in [1.165, 1.54) is 0 Å². The molecule has 194 valence electrons. The SMILES string of the molecule is CC1(COCCOC(=O)c2cccc(-c3cccc(C(=O)OCCOCC4(C)COC4)c3)c2)COC1. The number of benzene rings is 2. The lowest BCUT2D eigenvalue weighted by atomic mass is 9.90. The highest BCUT2D eigenvalue weighted by atomic mass is 16.6. The number of carbonyl (C=O) groups is 2. The maximum absolute atomic E-state index is 12.5. The summed E-state index contributed by atoms with van der Waals surface area (Å²) in [5.74, 6) is -0.840. The van der Waals surface area contributed by atoms with Crippen LogP contribution in [0.25, 0.3) is 11.1 Å². The van der Waals surface area contributed by atoms with Crippen molar-refractivity contribution >= 4 is 11.9 Å². The van der Waals surface area contributed by atoms with Crippen molar-refractivity contribution in [2.24, 2.45) is 10.8 Å². The Hall–Kier alpha value is -2.78. The second-order valence-corrected chi connectivity index (χ2v) is 10.1. The molecule has 2 heterocycles. The van der Waals surface area contributed by atoms with Crippen LogP contribution in [-0.2, 0) is 28.4 Å². The number of rotatable bonds is 13. The molecule has 0 unspecified atom stereocenters. The van der Waals surface area contributed by atoms with Gasteiger partial charge in [-0.3, -0.25) is 0 Å². The summed E-state index contributed by atoms with van der Waals surface area (Å²) < 4.78 is 32.3. The first kappa shape index (κ1) is 26.3. The molecule has 0 bridgehead atoms. The van der Waals surface area contributed by atoms with E-state index in [9.17, 15) is 9.59 Å². The normalized spacial score (nSPS) is 17.5. The van der Waals surface area contributed by atoms with Gasteiger partial charge in [0.2, 0.25) is 0 Å². The third-order valence-corrected chi connectivity index (χ3v) is 6.15. The zero-order chi connectivity index (χ0) is 25.4. The van der Waals surface area contributed by atoms with Crippen LogP contribution in [0.1, 0.15) is 34.6 Å². The number of esters is 2. The van der Waals surface area contributed by atoms with E-state index in [4.69, 9.17) is 28.4 Å². The highest BCUT2D eigenvalue weighted by Crippen LogP contribution is 2.27. The summed E-state index contributed by atoms with van der Waals surface area (Å²) in [5, 5.41) is 0. The summed E-state index contributed by atoms with van der Waals surface area (Å²) in [4.78, 5) is 25.0. The molecule has 2 aliphatic rings. The lowest BCUT2D eigenvalue weighted by molar-refractivity contribution is -0.139. The van der Waals surface area contributed by atoms with E-state index in [0.29, 0.717) is 64.0 Å². The van der Waals surface area contributed by atoms with Gasteiger partial charge in [-0.1, -0.05) is 38.1 Å². The molecule has 0 spiro atoms. The molecule has 0 radical (unpaired) electrons. The van der Waals surface area contributed by atoms with Crippen molar-refractivity contribution in [2.45, 2.75) is 13.8 Å². The zero-order valence-electron chi connectivity index (χ0n) is 21.0. The van der Waals surface area contributed by atoms with Gasteiger partial charge in [0.25, 0.3) is 0 Å². The van der Waals surface area contributed by atoms with Crippen LogP contribution in [0.5, 0.6) is 0 Å².